The summed E-state index contributed by atoms with van der Waals surface area (Å²) in [6, 6.07) is 0.709. The van der Waals surface area contributed by atoms with Crippen molar-refractivity contribution in [1.29, 1.82) is 0 Å². The predicted octanol–water partition coefficient (Wildman–Crippen LogP) is 3.68. The van der Waals surface area contributed by atoms with Crippen molar-refractivity contribution in [3.8, 4) is 5.69 Å². The molecule has 0 spiro atoms. The van der Waals surface area contributed by atoms with Crippen LogP contribution in [0.1, 0.15) is 24.4 Å². The van der Waals surface area contributed by atoms with Crippen molar-refractivity contribution in [3.05, 3.63) is 54.3 Å². The van der Waals surface area contributed by atoms with E-state index in [-0.39, 0.29) is 18.2 Å². The highest BCUT2D eigenvalue weighted by Gasteiger charge is 2.37. The highest BCUT2D eigenvalue weighted by molar-refractivity contribution is 5.89. The molecule has 0 aliphatic carbocycles. The largest absolute Gasteiger partial charge is 0.447 e. The lowest BCUT2D eigenvalue weighted by Gasteiger charge is -2.19. The monoisotopic (exact) mass is 469 g/mol. The molecular weight excluding hydrogens is 453 g/mol. The molecule has 0 saturated carbocycles. The Morgan fingerprint density at radius 2 is 2.09 bits per heavy atom. The number of aromatic nitrogens is 5. The van der Waals surface area contributed by atoms with Crippen molar-refractivity contribution < 1.29 is 31.5 Å². The minimum absolute atomic E-state index is 0.0750. The SMILES string of the molecule is C[C@H](Nc1ncc(F)c(N2C(=O)OC[C@@H]2CF)n1)c1cn(-c2ccnc(C(F)(F)F)c2)cn1. The van der Waals surface area contributed by atoms with E-state index in [1.54, 1.807) is 6.92 Å². The number of pyridine rings is 1. The van der Waals surface area contributed by atoms with Gasteiger partial charge in [0.15, 0.2) is 11.6 Å². The minimum Gasteiger partial charge on any atom is -0.447 e. The van der Waals surface area contributed by atoms with E-state index in [0.29, 0.717) is 5.69 Å². The number of nitrogens with one attached hydrogen (secondary N) is 1. The molecule has 0 aromatic carbocycles. The molecule has 2 atom stereocenters. The lowest BCUT2D eigenvalue weighted by Crippen LogP contribution is -2.36. The first kappa shape index (κ1) is 22.4. The molecule has 4 heterocycles. The summed E-state index contributed by atoms with van der Waals surface area (Å²) in [5.74, 6) is -1.45. The second-order valence-corrected chi connectivity index (χ2v) is 7.09. The zero-order valence-electron chi connectivity index (χ0n) is 16.9. The number of alkyl halides is 4. The zero-order valence-corrected chi connectivity index (χ0v) is 16.9. The van der Waals surface area contributed by atoms with Gasteiger partial charge in [-0.1, -0.05) is 0 Å². The standard InChI is InChI=1S/C19H16F5N7O2/c1-10(14-7-30(9-27-14)11-2-3-25-15(4-11)19(22,23)24)28-17-26-6-13(21)16(29-17)31-12(5-20)8-33-18(31)32/h2-4,6-7,9-10,12H,5,8H2,1H3,(H,26,28,29)/t10-,12-/m0/s1. The number of imidazole rings is 1. The van der Waals surface area contributed by atoms with Gasteiger partial charge in [0.2, 0.25) is 5.95 Å². The van der Waals surface area contributed by atoms with E-state index in [1.165, 1.54) is 23.2 Å². The van der Waals surface area contributed by atoms with Gasteiger partial charge in [-0.3, -0.25) is 4.98 Å². The van der Waals surface area contributed by atoms with E-state index in [4.69, 9.17) is 4.74 Å². The smallest absolute Gasteiger partial charge is 0.433 e. The third-order valence-electron chi connectivity index (χ3n) is 4.82. The summed E-state index contributed by atoms with van der Waals surface area (Å²) in [6.07, 6.45) is -0.827. The number of amides is 1. The Morgan fingerprint density at radius 3 is 2.82 bits per heavy atom. The van der Waals surface area contributed by atoms with Crippen LogP contribution in [0.2, 0.25) is 0 Å². The minimum atomic E-state index is -4.59. The maximum atomic E-state index is 14.2. The summed E-state index contributed by atoms with van der Waals surface area (Å²) < 4.78 is 72.3. The number of hydrogen-bond acceptors (Lipinski definition) is 7. The first-order valence-corrected chi connectivity index (χ1v) is 9.56. The molecule has 1 aliphatic rings. The summed E-state index contributed by atoms with van der Waals surface area (Å²) in [6.45, 7) is 0.485. The average molecular weight is 469 g/mol. The van der Waals surface area contributed by atoms with Crippen LogP contribution in [0.5, 0.6) is 0 Å². The number of halogens is 5. The highest BCUT2D eigenvalue weighted by Crippen LogP contribution is 2.29. The molecule has 9 nitrogen and oxygen atoms in total. The van der Waals surface area contributed by atoms with Gasteiger partial charge in [-0.15, -0.1) is 0 Å². The number of nitrogens with zero attached hydrogens (tertiary/aromatic N) is 6. The Morgan fingerprint density at radius 1 is 1.30 bits per heavy atom. The number of hydrogen-bond donors (Lipinski definition) is 1. The fourth-order valence-corrected chi connectivity index (χ4v) is 3.14. The van der Waals surface area contributed by atoms with Crippen LogP contribution in [-0.2, 0) is 10.9 Å². The van der Waals surface area contributed by atoms with Gasteiger partial charge in [-0.2, -0.15) is 18.2 Å². The quantitative estimate of drug-likeness (QED) is 0.550. The number of carbonyl (C=O) groups excluding carboxylic acids is 1. The first-order chi connectivity index (χ1) is 15.7. The summed E-state index contributed by atoms with van der Waals surface area (Å²) in [5, 5.41) is 2.87. The maximum absolute atomic E-state index is 14.2. The molecule has 174 valence electrons. The number of carbonyl (C=O) groups is 1. The van der Waals surface area contributed by atoms with E-state index in [9.17, 15) is 26.7 Å². The van der Waals surface area contributed by atoms with Crippen LogP contribution in [0.4, 0.5) is 38.5 Å². The lowest BCUT2D eigenvalue weighted by atomic mass is 10.2. The highest BCUT2D eigenvalue weighted by atomic mass is 19.4. The van der Waals surface area contributed by atoms with Gasteiger partial charge in [-0.05, 0) is 19.1 Å². The van der Waals surface area contributed by atoms with Crippen LogP contribution >= 0.6 is 0 Å². The molecule has 0 radical (unpaired) electrons. The Balaban J connectivity index is 1.54. The molecule has 0 bridgehead atoms. The average Bonchev–Trinajstić information content (AvgIpc) is 3.42. The van der Waals surface area contributed by atoms with Crippen molar-refractivity contribution in [3.63, 3.8) is 0 Å². The van der Waals surface area contributed by atoms with Crippen LogP contribution in [0.3, 0.4) is 0 Å². The molecule has 1 amide bonds. The van der Waals surface area contributed by atoms with Crippen LogP contribution in [0.15, 0.2) is 37.1 Å². The predicted molar refractivity (Wildman–Crippen MR) is 104 cm³/mol. The number of ether oxygens (including phenoxy) is 1. The summed E-state index contributed by atoms with van der Waals surface area (Å²) in [4.78, 5) is 27.9. The second-order valence-electron chi connectivity index (χ2n) is 7.09. The second kappa shape index (κ2) is 8.60. The van der Waals surface area contributed by atoms with Crippen molar-refractivity contribution >= 4 is 17.9 Å². The third-order valence-corrected chi connectivity index (χ3v) is 4.82. The van der Waals surface area contributed by atoms with Gasteiger partial charge in [0.25, 0.3) is 0 Å². The van der Waals surface area contributed by atoms with Gasteiger partial charge in [-0.25, -0.2) is 28.4 Å². The molecule has 3 aromatic rings. The van der Waals surface area contributed by atoms with Crippen molar-refractivity contribution in [2.45, 2.75) is 25.2 Å². The fraction of sp³-hybridized carbons (Fsp3) is 0.316. The normalized spacial score (nSPS) is 17.2. The van der Waals surface area contributed by atoms with Crippen molar-refractivity contribution in [2.75, 3.05) is 23.5 Å². The van der Waals surface area contributed by atoms with E-state index in [1.807, 2.05) is 0 Å². The van der Waals surface area contributed by atoms with Crippen LogP contribution in [-0.4, -0.2) is 49.9 Å². The zero-order chi connectivity index (χ0) is 23.8. The van der Waals surface area contributed by atoms with Crippen LogP contribution in [0, 0.1) is 5.82 Å². The summed E-state index contributed by atoms with van der Waals surface area (Å²) in [5.41, 5.74) is -0.425. The Bertz CT molecular complexity index is 1170. The van der Waals surface area contributed by atoms with Gasteiger partial charge in [0.1, 0.15) is 25.0 Å². The van der Waals surface area contributed by atoms with Gasteiger partial charge in [0.05, 0.1) is 29.9 Å². The Kier molecular flexibility index (Phi) is 5.82. The number of cyclic esters (lactones) is 1. The molecule has 33 heavy (non-hydrogen) atoms. The van der Waals surface area contributed by atoms with E-state index in [2.05, 4.69) is 25.3 Å². The van der Waals surface area contributed by atoms with Gasteiger partial charge >= 0.3 is 12.3 Å². The first-order valence-electron chi connectivity index (χ1n) is 9.56. The molecule has 0 unspecified atom stereocenters. The van der Waals surface area contributed by atoms with Crippen molar-refractivity contribution in [1.82, 2.24) is 24.5 Å². The maximum Gasteiger partial charge on any atom is 0.433 e. The van der Waals surface area contributed by atoms with Crippen molar-refractivity contribution in [2.24, 2.45) is 0 Å². The molecular formula is C19H16F5N7O2. The molecule has 1 fully saturated rings. The molecule has 1 saturated heterocycles. The molecule has 3 aromatic heterocycles. The van der Waals surface area contributed by atoms with Gasteiger partial charge < -0.3 is 14.6 Å². The fourth-order valence-electron chi connectivity index (χ4n) is 3.14. The van der Waals surface area contributed by atoms with E-state index >= 15 is 0 Å². The summed E-state index contributed by atoms with van der Waals surface area (Å²) >= 11 is 0. The van der Waals surface area contributed by atoms with Crippen LogP contribution < -0.4 is 10.2 Å². The Hall–Kier alpha value is -3.84. The number of rotatable bonds is 6. The third kappa shape index (κ3) is 4.54. The lowest BCUT2D eigenvalue weighted by molar-refractivity contribution is -0.141. The Labute approximate surface area is 183 Å². The topological polar surface area (TPSA) is 98.1 Å². The number of anilines is 2. The molecule has 1 N–H and O–H groups in total. The van der Waals surface area contributed by atoms with E-state index < -0.39 is 48.4 Å². The molecule has 4 rings (SSSR count). The van der Waals surface area contributed by atoms with Crippen LogP contribution in [0.25, 0.3) is 5.69 Å². The van der Waals surface area contributed by atoms with Gasteiger partial charge in [0, 0.05) is 12.4 Å². The van der Waals surface area contributed by atoms with E-state index in [0.717, 1.165) is 23.4 Å². The molecule has 14 heteroatoms. The molecule has 1 aliphatic heterocycles. The summed E-state index contributed by atoms with van der Waals surface area (Å²) in [7, 11) is 0.